The monoisotopic (exact) mass is 512 g/mol. The van der Waals surface area contributed by atoms with Crippen LogP contribution in [0, 0.1) is 0 Å². The van der Waals surface area contributed by atoms with Crippen molar-refractivity contribution in [2.45, 2.75) is 38.1 Å². The molecule has 15 heteroatoms. The summed E-state index contributed by atoms with van der Waals surface area (Å²) in [7, 11) is 1.15. The first-order valence-corrected chi connectivity index (χ1v) is 11.3. The normalized spacial score (nSPS) is 13.1. The van der Waals surface area contributed by atoms with Gasteiger partial charge in [0, 0.05) is 57.7 Å². The minimum atomic E-state index is -1.15. The van der Waals surface area contributed by atoms with E-state index in [2.05, 4.69) is 31.3 Å². The molecule has 0 bridgehead atoms. The Balaban J connectivity index is 2.22. The number of nitrogens with one attached hydrogen (secondary N) is 5. The number of amides is 7. The summed E-state index contributed by atoms with van der Waals surface area (Å²) in [4.78, 5) is 81.8. The van der Waals surface area contributed by atoms with Crippen LogP contribution in [0.15, 0.2) is 12.2 Å². The van der Waals surface area contributed by atoms with Gasteiger partial charge in [0.2, 0.25) is 17.7 Å². The lowest BCUT2D eigenvalue weighted by Gasteiger charge is -2.17. The molecule has 0 saturated heterocycles. The summed E-state index contributed by atoms with van der Waals surface area (Å²) in [6.07, 6.45) is 1.38. The number of hydrogen-bond acceptors (Lipinski definition) is 8. The Hall–Kier alpha value is -4.17. The molecule has 1 rings (SSSR count). The minimum absolute atomic E-state index is 0.00285. The Morgan fingerprint density at radius 3 is 2.06 bits per heavy atom. The summed E-state index contributed by atoms with van der Waals surface area (Å²) in [5.74, 6) is -2.20. The second-order valence-corrected chi connectivity index (χ2v) is 7.57. The number of carboxylic acid groups (broad SMARTS) is 1. The van der Waals surface area contributed by atoms with Gasteiger partial charge >= 0.3 is 12.2 Å². The number of methoxy groups -OCH3 is 1. The number of imide groups is 1. The molecular weight excluding hydrogens is 480 g/mol. The number of carbonyl (C=O) groups is 7. The highest BCUT2D eigenvalue weighted by Crippen LogP contribution is 2.04. The van der Waals surface area contributed by atoms with Gasteiger partial charge in [-0.05, 0) is 19.3 Å². The SMILES string of the molecule is COC(=O)NC(CCCCNC(=O)O)C(=O)NCCC(=O)NCCNC(=O)CCN1C(=O)C=CC1=O. The second-order valence-electron chi connectivity index (χ2n) is 7.57. The second kappa shape index (κ2) is 16.5. The van der Waals surface area contributed by atoms with Gasteiger partial charge in [0.1, 0.15) is 6.04 Å². The molecule has 1 heterocycles. The number of ether oxygens (including phenoxy) is 1. The number of nitrogens with zero attached hydrogens (tertiary/aromatic N) is 1. The molecule has 200 valence electrons. The van der Waals surface area contributed by atoms with E-state index in [0.717, 1.165) is 24.2 Å². The number of alkyl carbamates (subject to hydrolysis) is 1. The summed E-state index contributed by atoms with van der Waals surface area (Å²) in [5, 5.41) is 20.8. The predicted octanol–water partition coefficient (Wildman–Crippen LogP) is -1.80. The van der Waals surface area contributed by atoms with Crippen LogP contribution in [0.3, 0.4) is 0 Å². The van der Waals surface area contributed by atoms with Gasteiger partial charge < -0.3 is 36.4 Å². The lowest BCUT2D eigenvalue weighted by Crippen LogP contribution is -2.47. The maximum Gasteiger partial charge on any atom is 0.407 e. The fourth-order valence-electron chi connectivity index (χ4n) is 3.01. The smallest absolute Gasteiger partial charge is 0.407 e. The molecule has 0 radical (unpaired) electrons. The van der Waals surface area contributed by atoms with Gasteiger partial charge in [-0.1, -0.05) is 0 Å². The van der Waals surface area contributed by atoms with Crippen LogP contribution >= 0.6 is 0 Å². The fraction of sp³-hybridized carbons (Fsp3) is 0.571. The number of carbonyl (C=O) groups excluding carboxylic acids is 6. The first-order valence-electron chi connectivity index (χ1n) is 11.3. The summed E-state index contributed by atoms with van der Waals surface area (Å²) in [6, 6.07) is -0.914. The van der Waals surface area contributed by atoms with Gasteiger partial charge in [0.15, 0.2) is 0 Å². The summed E-state index contributed by atoms with van der Waals surface area (Å²) in [6.45, 7) is 0.450. The van der Waals surface area contributed by atoms with Crippen molar-refractivity contribution in [2.75, 3.05) is 39.8 Å². The van der Waals surface area contributed by atoms with Gasteiger partial charge in [-0.25, -0.2) is 9.59 Å². The third kappa shape index (κ3) is 12.3. The van der Waals surface area contributed by atoms with Crippen molar-refractivity contribution >= 4 is 41.7 Å². The molecule has 1 atom stereocenters. The third-order valence-electron chi connectivity index (χ3n) is 4.87. The van der Waals surface area contributed by atoms with Crippen LogP contribution in [0.4, 0.5) is 9.59 Å². The van der Waals surface area contributed by atoms with Crippen LogP contribution in [0.1, 0.15) is 32.1 Å². The Labute approximate surface area is 207 Å². The van der Waals surface area contributed by atoms with Crippen LogP contribution in [-0.2, 0) is 28.7 Å². The Bertz CT molecular complexity index is 843. The van der Waals surface area contributed by atoms with Crippen LogP contribution < -0.4 is 26.6 Å². The van der Waals surface area contributed by atoms with E-state index in [-0.39, 0.29) is 63.8 Å². The van der Waals surface area contributed by atoms with E-state index in [4.69, 9.17) is 5.11 Å². The van der Waals surface area contributed by atoms with Crippen molar-refractivity contribution in [3.05, 3.63) is 12.2 Å². The molecule has 0 fully saturated rings. The average molecular weight is 513 g/mol. The fourth-order valence-corrected chi connectivity index (χ4v) is 3.01. The molecule has 7 amide bonds. The van der Waals surface area contributed by atoms with Crippen LogP contribution in [0.25, 0.3) is 0 Å². The van der Waals surface area contributed by atoms with Crippen molar-refractivity contribution < 1.29 is 43.4 Å². The molecule has 6 N–H and O–H groups in total. The van der Waals surface area contributed by atoms with Gasteiger partial charge in [-0.3, -0.25) is 28.9 Å². The molecule has 0 aromatic carbocycles. The van der Waals surface area contributed by atoms with Crippen LogP contribution in [-0.4, -0.2) is 97.6 Å². The Kier molecular flexibility index (Phi) is 13.6. The lowest BCUT2D eigenvalue weighted by molar-refractivity contribution is -0.137. The van der Waals surface area contributed by atoms with Gasteiger partial charge in [0.25, 0.3) is 11.8 Å². The molecule has 0 aromatic rings. The maximum atomic E-state index is 12.4. The Morgan fingerprint density at radius 1 is 0.861 bits per heavy atom. The summed E-state index contributed by atoms with van der Waals surface area (Å²) < 4.78 is 4.51. The predicted molar refractivity (Wildman–Crippen MR) is 123 cm³/mol. The number of unbranched alkanes of at least 4 members (excludes halogenated alkanes) is 1. The van der Waals surface area contributed by atoms with Gasteiger partial charge in [0.05, 0.1) is 7.11 Å². The van der Waals surface area contributed by atoms with E-state index in [1.54, 1.807) is 0 Å². The zero-order valence-electron chi connectivity index (χ0n) is 20.0. The van der Waals surface area contributed by atoms with E-state index in [0.29, 0.717) is 12.8 Å². The van der Waals surface area contributed by atoms with Gasteiger partial charge in [-0.15, -0.1) is 0 Å². The molecule has 15 nitrogen and oxygen atoms in total. The van der Waals surface area contributed by atoms with E-state index >= 15 is 0 Å². The van der Waals surface area contributed by atoms with Crippen molar-refractivity contribution in [1.82, 2.24) is 31.5 Å². The minimum Gasteiger partial charge on any atom is -0.465 e. The van der Waals surface area contributed by atoms with Crippen molar-refractivity contribution in [3.63, 3.8) is 0 Å². The average Bonchev–Trinajstić information content (AvgIpc) is 3.15. The number of rotatable bonds is 16. The molecule has 0 aliphatic carbocycles. The van der Waals surface area contributed by atoms with Crippen LogP contribution in [0.5, 0.6) is 0 Å². The highest BCUT2D eigenvalue weighted by molar-refractivity contribution is 6.13. The topological polar surface area (TPSA) is 212 Å². The largest absolute Gasteiger partial charge is 0.465 e. The van der Waals surface area contributed by atoms with Gasteiger partial charge in [-0.2, -0.15) is 0 Å². The quantitative estimate of drug-likeness (QED) is 0.102. The lowest BCUT2D eigenvalue weighted by atomic mass is 10.1. The molecular formula is C21H32N6O9. The standard InChI is InChI=1S/C21H32N6O9/c1-36-21(35)26-14(4-2-3-9-25-20(33)34)19(32)24-10-7-15(28)22-11-12-23-16(29)8-13-27-17(30)5-6-18(27)31/h5-6,14,25H,2-4,7-13H2,1H3,(H,22,28)(H,23,29)(H,24,32)(H,26,35)(H,33,34). The highest BCUT2D eigenvalue weighted by Gasteiger charge is 2.23. The summed E-state index contributed by atoms with van der Waals surface area (Å²) in [5.41, 5.74) is 0. The van der Waals surface area contributed by atoms with E-state index in [9.17, 15) is 33.6 Å². The highest BCUT2D eigenvalue weighted by atomic mass is 16.5. The molecule has 0 aromatic heterocycles. The zero-order chi connectivity index (χ0) is 26.9. The Morgan fingerprint density at radius 2 is 1.47 bits per heavy atom. The zero-order valence-corrected chi connectivity index (χ0v) is 20.0. The molecule has 1 aliphatic rings. The first-order chi connectivity index (χ1) is 17.1. The van der Waals surface area contributed by atoms with E-state index in [1.807, 2.05) is 0 Å². The molecule has 0 saturated carbocycles. The number of hydrogen-bond donors (Lipinski definition) is 6. The molecule has 1 unspecified atom stereocenters. The van der Waals surface area contributed by atoms with Crippen molar-refractivity contribution in [3.8, 4) is 0 Å². The summed E-state index contributed by atoms with van der Waals surface area (Å²) >= 11 is 0. The van der Waals surface area contributed by atoms with Crippen LogP contribution in [0.2, 0.25) is 0 Å². The van der Waals surface area contributed by atoms with Crippen molar-refractivity contribution in [2.24, 2.45) is 0 Å². The third-order valence-corrected chi connectivity index (χ3v) is 4.87. The van der Waals surface area contributed by atoms with E-state index < -0.39 is 35.9 Å². The first kappa shape index (κ1) is 29.9. The maximum absolute atomic E-state index is 12.4. The molecule has 1 aliphatic heterocycles. The molecule has 0 spiro atoms. The molecule has 36 heavy (non-hydrogen) atoms. The van der Waals surface area contributed by atoms with E-state index in [1.165, 1.54) is 0 Å². The van der Waals surface area contributed by atoms with Crippen molar-refractivity contribution in [1.29, 1.82) is 0 Å².